The highest BCUT2D eigenvalue weighted by Crippen LogP contribution is 2.37. The fraction of sp³-hybridized carbons (Fsp3) is 0.361. The monoisotopic (exact) mass is 638 g/mol. The second-order valence-corrected chi connectivity index (χ2v) is 11.7. The molecule has 47 heavy (non-hydrogen) atoms. The first-order chi connectivity index (χ1) is 22.9. The lowest BCUT2D eigenvalue weighted by molar-refractivity contribution is 0.0115. The van der Waals surface area contributed by atoms with E-state index < -0.39 is 6.09 Å². The maximum Gasteiger partial charge on any atom is 0.425 e. The van der Waals surface area contributed by atoms with Crippen LogP contribution in [-0.2, 0) is 4.74 Å². The van der Waals surface area contributed by atoms with Crippen LogP contribution in [0.3, 0.4) is 0 Å². The number of methoxy groups -OCH3 is 2. The molecule has 0 bridgehead atoms. The van der Waals surface area contributed by atoms with E-state index in [-0.39, 0.29) is 0 Å². The highest BCUT2D eigenvalue weighted by Gasteiger charge is 2.28. The van der Waals surface area contributed by atoms with Gasteiger partial charge in [-0.3, -0.25) is 4.90 Å². The number of carbonyl (C=O) groups excluding carboxylic acids is 1. The number of anilines is 5. The number of nitrogens with zero attached hydrogens (tertiary/aromatic N) is 5. The predicted octanol–water partition coefficient (Wildman–Crippen LogP) is 6.49. The average molecular weight is 639 g/mol. The molecule has 0 aliphatic carbocycles. The number of amides is 1. The van der Waals surface area contributed by atoms with E-state index in [1.807, 2.05) is 44.2 Å². The van der Waals surface area contributed by atoms with E-state index >= 15 is 0 Å². The molecule has 0 radical (unpaired) electrons. The number of nitrogens with one attached hydrogen (secondary N) is 1. The number of piperidine rings is 1. The highest BCUT2D eigenvalue weighted by atomic mass is 16.6. The van der Waals surface area contributed by atoms with Crippen molar-refractivity contribution in [1.82, 2.24) is 14.9 Å². The molecule has 0 spiro atoms. The van der Waals surface area contributed by atoms with Crippen molar-refractivity contribution in [3.05, 3.63) is 84.1 Å². The van der Waals surface area contributed by atoms with E-state index in [4.69, 9.17) is 23.9 Å². The summed E-state index contributed by atoms with van der Waals surface area (Å²) in [5.74, 6) is 2.14. The molecule has 2 aliphatic heterocycles. The largest absolute Gasteiger partial charge is 0.497 e. The molecule has 246 valence electrons. The Morgan fingerprint density at radius 3 is 2.32 bits per heavy atom. The molecular formula is C36H42N6O5. The van der Waals surface area contributed by atoms with Crippen LogP contribution in [0.1, 0.15) is 24.0 Å². The number of benzene rings is 3. The van der Waals surface area contributed by atoms with Gasteiger partial charge in [-0.25, -0.2) is 14.7 Å². The molecule has 2 fully saturated rings. The number of ether oxygens (including phenoxy) is 4. The number of morpholine rings is 1. The average Bonchev–Trinajstić information content (AvgIpc) is 3.11. The number of aryl methyl sites for hydroxylation is 2. The minimum Gasteiger partial charge on any atom is -0.497 e. The van der Waals surface area contributed by atoms with Gasteiger partial charge >= 0.3 is 6.09 Å². The first-order valence-electron chi connectivity index (χ1n) is 16.0. The Morgan fingerprint density at radius 2 is 1.64 bits per heavy atom. The van der Waals surface area contributed by atoms with E-state index in [1.54, 1.807) is 37.6 Å². The Bertz CT molecular complexity index is 1650. The van der Waals surface area contributed by atoms with Gasteiger partial charge in [-0.1, -0.05) is 18.2 Å². The Labute approximate surface area is 276 Å². The van der Waals surface area contributed by atoms with Gasteiger partial charge in [0.25, 0.3) is 0 Å². The van der Waals surface area contributed by atoms with Gasteiger partial charge in [0.05, 0.1) is 33.1 Å². The van der Waals surface area contributed by atoms with Gasteiger partial charge in [-0.05, 0) is 74.2 Å². The number of rotatable bonds is 9. The zero-order valence-electron chi connectivity index (χ0n) is 27.4. The van der Waals surface area contributed by atoms with Crippen molar-refractivity contribution in [2.24, 2.45) is 0 Å². The summed E-state index contributed by atoms with van der Waals surface area (Å²) in [4.78, 5) is 29.5. The van der Waals surface area contributed by atoms with E-state index in [0.29, 0.717) is 40.7 Å². The van der Waals surface area contributed by atoms with Crippen molar-refractivity contribution in [2.75, 3.05) is 68.7 Å². The van der Waals surface area contributed by atoms with Gasteiger partial charge in [0, 0.05) is 61.9 Å². The second kappa shape index (κ2) is 14.7. The van der Waals surface area contributed by atoms with Crippen molar-refractivity contribution in [3.8, 4) is 17.2 Å². The molecule has 3 aromatic carbocycles. The minimum absolute atomic E-state index is 0.307. The molecule has 4 aromatic rings. The maximum absolute atomic E-state index is 13.9. The molecule has 1 amide bonds. The van der Waals surface area contributed by atoms with Gasteiger partial charge < -0.3 is 29.2 Å². The molecule has 1 N–H and O–H groups in total. The zero-order chi connectivity index (χ0) is 32.8. The number of hydrogen-bond acceptors (Lipinski definition) is 10. The van der Waals surface area contributed by atoms with Crippen LogP contribution in [0.2, 0.25) is 0 Å². The van der Waals surface area contributed by atoms with Crippen LogP contribution in [0.5, 0.6) is 17.2 Å². The van der Waals surface area contributed by atoms with Gasteiger partial charge in [0.1, 0.15) is 23.1 Å². The third-order valence-corrected chi connectivity index (χ3v) is 8.79. The second-order valence-electron chi connectivity index (χ2n) is 11.7. The normalized spacial score (nSPS) is 15.6. The molecule has 0 atom stereocenters. The summed E-state index contributed by atoms with van der Waals surface area (Å²) in [6.45, 7) is 9.61. The van der Waals surface area contributed by atoms with Crippen molar-refractivity contribution in [2.45, 2.75) is 32.7 Å². The third kappa shape index (κ3) is 7.42. The van der Waals surface area contributed by atoms with Crippen LogP contribution in [0.4, 0.5) is 33.6 Å². The molecule has 3 heterocycles. The Hall–Kier alpha value is -4.87. The van der Waals surface area contributed by atoms with Crippen LogP contribution in [0.25, 0.3) is 0 Å². The summed E-state index contributed by atoms with van der Waals surface area (Å²) in [7, 11) is 3.11. The Kier molecular flexibility index (Phi) is 10.0. The highest BCUT2D eigenvalue weighted by molar-refractivity contribution is 5.98. The number of aromatic nitrogens is 2. The summed E-state index contributed by atoms with van der Waals surface area (Å²) in [5.41, 5.74) is 4.15. The first kappa shape index (κ1) is 32.1. The lowest BCUT2D eigenvalue weighted by Gasteiger charge is -2.40. The smallest absolute Gasteiger partial charge is 0.425 e. The molecule has 11 heteroatoms. The van der Waals surface area contributed by atoms with Crippen LogP contribution in [0.15, 0.2) is 72.9 Å². The predicted molar refractivity (Wildman–Crippen MR) is 183 cm³/mol. The van der Waals surface area contributed by atoms with Gasteiger partial charge in [-0.2, -0.15) is 4.98 Å². The van der Waals surface area contributed by atoms with Gasteiger partial charge in [0.15, 0.2) is 0 Å². The molecule has 6 rings (SSSR count). The van der Waals surface area contributed by atoms with Crippen molar-refractivity contribution < 1.29 is 23.7 Å². The van der Waals surface area contributed by atoms with E-state index in [9.17, 15) is 4.79 Å². The topological polar surface area (TPSA) is 102 Å². The maximum atomic E-state index is 13.9. The molecule has 0 unspecified atom stereocenters. The summed E-state index contributed by atoms with van der Waals surface area (Å²) < 4.78 is 22.6. The lowest BCUT2D eigenvalue weighted by Crippen LogP contribution is -2.49. The number of hydrogen-bond donors (Lipinski definition) is 1. The quantitative estimate of drug-likeness (QED) is 0.219. The summed E-state index contributed by atoms with van der Waals surface area (Å²) in [6.07, 6.45) is 3.27. The van der Waals surface area contributed by atoms with E-state index in [0.717, 1.165) is 69.0 Å². The fourth-order valence-electron chi connectivity index (χ4n) is 6.23. The molecule has 2 aliphatic rings. The summed E-state index contributed by atoms with van der Waals surface area (Å²) in [6, 6.07) is 21.5. The van der Waals surface area contributed by atoms with Crippen LogP contribution in [-0.4, -0.2) is 80.6 Å². The van der Waals surface area contributed by atoms with Crippen LogP contribution < -0.4 is 29.3 Å². The number of carbonyl (C=O) groups is 1. The molecule has 1 aromatic heterocycles. The molecule has 2 saturated heterocycles. The van der Waals surface area contributed by atoms with Gasteiger partial charge in [-0.15, -0.1) is 0 Å². The van der Waals surface area contributed by atoms with Crippen molar-refractivity contribution >= 4 is 34.9 Å². The third-order valence-electron chi connectivity index (χ3n) is 8.79. The molecule has 11 nitrogen and oxygen atoms in total. The Morgan fingerprint density at radius 1 is 0.915 bits per heavy atom. The minimum atomic E-state index is -0.641. The Balaban J connectivity index is 1.20. The fourth-order valence-corrected chi connectivity index (χ4v) is 6.23. The van der Waals surface area contributed by atoms with E-state index in [2.05, 4.69) is 32.2 Å². The standard InChI is InChI=1S/C36H42N6O5/c1-25-6-5-7-26(2)34(25)47-36(43)42(31-13-12-30(44-3)24-32(31)45-4)33-14-17-37-35(39-33)38-27-8-10-28(11-9-27)40-18-15-29(16-19-40)41-20-22-46-23-21-41/h5-14,17,24,29H,15-16,18-23H2,1-4H3,(H,37,38,39). The SMILES string of the molecule is COc1ccc(N(C(=O)Oc2c(C)cccc2C)c2ccnc(Nc3ccc(N4CCC(N5CCOCC5)CC4)cc3)n2)c(OC)c1. The lowest BCUT2D eigenvalue weighted by atomic mass is 10.0. The van der Waals surface area contributed by atoms with Crippen molar-refractivity contribution in [1.29, 1.82) is 0 Å². The van der Waals surface area contributed by atoms with Gasteiger partial charge in [0.2, 0.25) is 5.95 Å². The molecule has 0 saturated carbocycles. The summed E-state index contributed by atoms with van der Waals surface area (Å²) in [5, 5.41) is 3.30. The number of para-hydroxylation sites is 1. The first-order valence-corrected chi connectivity index (χ1v) is 16.0. The molecular weight excluding hydrogens is 596 g/mol. The van der Waals surface area contributed by atoms with Crippen LogP contribution >= 0.6 is 0 Å². The van der Waals surface area contributed by atoms with Crippen LogP contribution in [0, 0.1) is 13.8 Å². The van der Waals surface area contributed by atoms with Crippen molar-refractivity contribution in [3.63, 3.8) is 0 Å². The zero-order valence-corrected chi connectivity index (χ0v) is 27.4. The summed E-state index contributed by atoms with van der Waals surface area (Å²) >= 11 is 0. The van der Waals surface area contributed by atoms with E-state index in [1.165, 1.54) is 17.7 Å².